The number of benzene rings is 1. The summed E-state index contributed by atoms with van der Waals surface area (Å²) in [5.74, 6) is 1.83. The van der Waals surface area contributed by atoms with E-state index in [1.807, 2.05) is 22.6 Å². The number of nitrogens with zero attached hydrogens (tertiary/aromatic N) is 1. The molecule has 4 heteroatoms. The van der Waals surface area contributed by atoms with Gasteiger partial charge in [-0.1, -0.05) is 5.92 Å². The Morgan fingerprint density at radius 1 is 1.67 bits per heavy atom. The summed E-state index contributed by atoms with van der Waals surface area (Å²) in [5, 5.41) is 0. The van der Waals surface area contributed by atoms with Gasteiger partial charge in [-0.3, -0.25) is 4.79 Å². The molecular weight excluding hydrogens is 308 g/mol. The maximum absolute atomic E-state index is 12.8. The van der Waals surface area contributed by atoms with Gasteiger partial charge < -0.3 is 4.90 Å². The van der Waals surface area contributed by atoms with Crippen LogP contribution >= 0.6 is 22.6 Å². The van der Waals surface area contributed by atoms with Crippen molar-refractivity contribution in [1.82, 2.24) is 4.90 Å². The largest absolute Gasteiger partial charge is 0.331 e. The van der Waals surface area contributed by atoms with Crippen molar-refractivity contribution in [3.63, 3.8) is 0 Å². The lowest BCUT2D eigenvalue weighted by atomic mass is 10.2. The second kappa shape index (κ2) is 5.12. The molecule has 0 atom stereocenters. The minimum atomic E-state index is -0.351. The zero-order valence-electron chi connectivity index (χ0n) is 8.13. The van der Waals surface area contributed by atoms with Gasteiger partial charge in [-0.15, -0.1) is 6.42 Å². The molecule has 0 saturated carbocycles. The van der Waals surface area contributed by atoms with E-state index in [-0.39, 0.29) is 18.3 Å². The second-order valence-electron chi connectivity index (χ2n) is 2.99. The first-order valence-corrected chi connectivity index (χ1v) is 5.28. The molecule has 2 nitrogen and oxygen atoms in total. The highest BCUT2D eigenvalue weighted by Crippen LogP contribution is 2.15. The van der Waals surface area contributed by atoms with E-state index in [1.54, 1.807) is 7.05 Å². The maximum atomic E-state index is 12.8. The Morgan fingerprint density at radius 2 is 2.33 bits per heavy atom. The van der Waals surface area contributed by atoms with Gasteiger partial charge in [0.25, 0.3) is 5.91 Å². The van der Waals surface area contributed by atoms with E-state index in [4.69, 9.17) is 6.42 Å². The van der Waals surface area contributed by atoms with E-state index in [0.29, 0.717) is 9.13 Å². The number of halogens is 2. The summed E-state index contributed by atoms with van der Waals surface area (Å²) >= 11 is 1.92. The van der Waals surface area contributed by atoms with Crippen molar-refractivity contribution in [2.45, 2.75) is 0 Å². The Morgan fingerprint density at radius 3 is 2.87 bits per heavy atom. The molecule has 78 valence electrons. The first kappa shape index (κ1) is 12.0. The van der Waals surface area contributed by atoms with Crippen LogP contribution in [0.3, 0.4) is 0 Å². The number of rotatable bonds is 2. The first-order chi connectivity index (χ1) is 7.06. The first-order valence-electron chi connectivity index (χ1n) is 4.20. The van der Waals surface area contributed by atoms with Gasteiger partial charge in [0.1, 0.15) is 5.82 Å². The van der Waals surface area contributed by atoms with Crippen molar-refractivity contribution in [3.05, 3.63) is 33.1 Å². The predicted octanol–water partition coefficient (Wildman–Crippen LogP) is 2.14. The molecule has 0 aliphatic rings. The van der Waals surface area contributed by atoms with Crippen LogP contribution in [0.25, 0.3) is 0 Å². The molecule has 1 aromatic rings. The lowest BCUT2D eigenvalue weighted by molar-refractivity contribution is 0.0811. The highest BCUT2D eigenvalue weighted by Gasteiger charge is 2.14. The quantitative estimate of drug-likeness (QED) is 0.604. The average molecular weight is 317 g/mol. The van der Waals surface area contributed by atoms with Crippen molar-refractivity contribution in [3.8, 4) is 12.3 Å². The molecule has 0 aliphatic heterocycles. The summed E-state index contributed by atoms with van der Waals surface area (Å²) in [6.07, 6.45) is 5.10. The van der Waals surface area contributed by atoms with Gasteiger partial charge in [-0.2, -0.15) is 0 Å². The van der Waals surface area contributed by atoms with Crippen molar-refractivity contribution in [2.75, 3.05) is 13.6 Å². The number of carbonyl (C=O) groups excluding carboxylic acids is 1. The molecule has 0 N–H and O–H groups in total. The highest BCUT2D eigenvalue weighted by molar-refractivity contribution is 14.1. The van der Waals surface area contributed by atoms with Gasteiger partial charge in [0.05, 0.1) is 12.1 Å². The number of terminal acetylenes is 1. The topological polar surface area (TPSA) is 20.3 Å². The summed E-state index contributed by atoms with van der Waals surface area (Å²) in [6.45, 7) is 0.242. The smallest absolute Gasteiger partial charge is 0.255 e. The molecule has 1 amide bonds. The third kappa shape index (κ3) is 2.93. The number of hydrogen-bond donors (Lipinski definition) is 0. The van der Waals surface area contributed by atoms with E-state index in [1.165, 1.54) is 23.1 Å². The van der Waals surface area contributed by atoms with Crippen LogP contribution in [-0.2, 0) is 0 Å². The Kier molecular flexibility index (Phi) is 4.09. The molecule has 0 bridgehead atoms. The highest BCUT2D eigenvalue weighted by atomic mass is 127. The van der Waals surface area contributed by atoms with Crippen LogP contribution in [0.15, 0.2) is 18.2 Å². The van der Waals surface area contributed by atoms with Crippen LogP contribution in [0.5, 0.6) is 0 Å². The summed E-state index contributed by atoms with van der Waals surface area (Å²) < 4.78 is 13.4. The van der Waals surface area contributed by atoms with Gasteiger partial charge in [0, 0.05) is 10.6 Å². The minimum Gasteiger partial charge on any atom is -0.331 e. The van der Waals surface area contributed by atoms with Crippen LogP contribution in [0.2, 0.25) is 0 Å². The number of hydrogen-bond acceptors (Lipinski definition) is 1. The van der Waals surface area contributed by atoms with Crippen LogP contribution < -0.4 is 0 Å². The van der Waals surface area contributed by atoms with Crippen molar-refractivity contribution in [1.29, 1.82) is 0 Å². The van der Waals surface area contributed by atoms with Gasteiger partial charge in [-0.05, 0) is 40.8 Å². The predicted molar refractivity (Wildman–Crippen MR) is 64.9 cm³/mol. The van der Waals surface area contributed by atoms with E-state index in [9.17, 15) is 9.18 Å². The van der Waals surface area contributed by atoms with Crippen molar-refractivity contribution >= 4 is 28.5 Å². The van der Waals surface area contributed by atoms with Crippen LogP contribution in [0.4, 0.5) is 4.39 Å². The third-order valence-corrected chi connectivity index (χ3v) is 2.73. The molecule has 1 aromatic carbocycles. The molecule has 0 aliphatic carbocycles. The van der Waals surface area contributed by atoms with E-state index >= 15 is 0 Å². The molecule has 0 radical (unpaired) electrons. The minimum absolute atomic E-state index is 0.197. The molecule has 15 heavy (non-hydrogen) atoms. The van der Waals surface area contributed by atoms with Gasteiger partial charge in [0.15, 0.2) is 0 Å². The van der Waals surface area contributed by atoms with E-state index in [0.717, 1.165) is 0 Å². The number of carbonyl (C=O) groups is 1. The molecular formula is C11H9FINO. The van der Waals surface area contributed by atoms with Crippen molar-refractivity contribution in [2.24, 2.45) is 0 Å². The molecule has 0 unspecified atom stereocenters. The van der Waals surface area contributed by atoms with Gasteiger partial charge >= 0.3 is 0 Å². The second-order valence-corrected chi connectivity index (χ2v) is 4.15. The van der Waals surface area contributed by atoms with E-state index < -0.39 is 0 Å². The fraction of sp³-hybridized carbons (Fsp3) is 0.182. The summed E-state index contributed by atoms with van der Waals surface area (Å²) in [5.41, 5.74) is 0.467. The normalized spacial score (nSPS) is 9.47. The van der Waals surface area contributed by atoms with Gasteiger partial charge in [-0.25, -0.2) is 4.39 Å². The molecule has 0 heterocycles. The maximum Gasteiger partial charge on any atom is 0.255 e. The summed E-state index contributed by atoms with van der Waals surface area (Å²) in [7, 11) is 1.61. The lowest BCUT2D eigenvalue weighted by Crippen LogP contribution is -2.27. The average Bonchev–Trinajstić information content (AvgIpc) is 2.17. The molecule has 0 aromatic heterocycles. The molecule has 1 rings (SSSR count). The standard InChI is InChI=1S/C11H9FINO/c1-3-6-14(2)11(15)9-5-4-8(12)7-10(9)13/h1,4-5,7H,6H2,2H3. The summed E-state index contributed by atoms with van der Waals surface area (Å²) in [4.78, 5) is 13.2. The molecule has 0 fully saturated rings. The Balaban J connectivity index is 2.97. The third-order valence-electron chi connectivity index (χ3n) is 1.84. The van der Waals surface area contributed by atoms with Gasteiger partial charge in [0.2, 0.25) is 0 Å². The fourth-order valence-corrected chi connectivity index (χ4v) is 1.79. The molecule has 0 saturated heterocycles. The number of amides is 1. The monoisotopic (exact) mass is 317 g/mol. The van der Waals surface area contributed by atoms with Crippen LogP contribution in [0, 0.1) is 21.7 Å². The Labute approximate surface area is 102 Å². The summed E-state index contributed by atoms with van der Waals surface area (Å²) in [6, 6.07) is 4.04. The molecule has 0 spiro atoms. The Bertz CT molecular complexity index is 425. The van der Waals surface area contributed by atoms with Crippen LogP contribution in [0.1, 0.15) is 10.4 Å². The lowest BCUT2D eigenvalue weighted by Gasteiger charge is -2.14. The SMILES string of the molecule is C#CCN(C)C(=O)c1ccc(F)cc1I. The zero-order valence-corrected chi connectivity index (χ0v) is 10.3. The van der Waals surface area contributed by atoms with Crippen molar-refractivity contribution < 1.29 is 9.18 Å². The van der Waals surface area contributed by atoms with E-state index in [2.05, 4.69) is 5.92 Å². The zero-order chi connectivity index (χ0) is 11.4. The fourth-order valence-electron chi connectivity index (χ4n) is 1.08. The van der Waals surface area contributed by atoms with Crippen LogP contribution in [-0.4, -0.2) is 24.4 Å². The Hall–Kier alpha value is -1.09.